The molecule has 1 aliphatic heterocycles. The topological polar surface area (TPSA) is 133 Å². The molecule has 1 aromatic heterocycles. The Kier molecular flexibility index (Phi) is 4.01. The predicted octanol–water partition coefficient (Wildman–Crippen LogP) is 0.644. The van der Waals surface area contributed by atoms with E-state index in [0.29, 0.717) is 17.1 Å². The van der Waals surface area contributed by atoms with Crippen molar-refractivity contribution in [1.29, 1.82) is 0 Å². The molecule has 0 saturated carbocycles. The van der Waals surface area contributed by atoms with Gasteiger partial charge in [0.05, 0.1) is 5.69 Å². The van der Waals surface area contributed by atoms with Crippen molar-refractivity contribution < 1.29 is 22.7 Å². The van der Waals surface area contributed by atoms with Crippen molar-refractivity contribution >= 4 is 33.2 Å². The SMILES string of the molecule is CC1Oc2ccc(NC(=O)c3cc(S(N)(=O)=O)cn3C)cc2NC1=O. The van der Waals surface area contributed by atoms with Gasteiger partial charge in [-0.15, -0.1) is 0 Å². The van der Waals surface area contributed by atoms with Crippen LogP contribution in [0.1, 0.15) is 17.4 Å². The largest absolute Gasteiger partial charge is 0.479 e. The fourth-order valence-corrected chi connectivity index (χ4v) is 2.98. The molecule has 4 N–H and O–H groups in total. The van der Waals surface area contributed by atoms with Gasteiger partial charge < -0.3 is 19.9 Å². The Hall–Kier alpha value is -2.85. The van der Waals surface area contributed by atoms with Crippen molar-refractivity contribution in [1.82, 2.24) is 4.57 Å². The molecule has 2 amide bonds. The van der Waals surface area contributed by atoms with Gasteiger partial charge >= 0.3 is 0 Å². The molecular formula is C15H16N4O5S. The highest BCUT2D eigenvalue weighted by molar-refractivity contribution is 7.89. The Labute approximate surface area is 143 Å². The number of carbonyl (C=O) groups is 2. The number of sulfonamides is 1. The molecule has 1 aliphatic rings. The second-order valence-electron chi connectivity index (χ2n) is 5.63. The number of primary sulfonamides is 1. The van der Waals surface area contributed by atoms with Gasteiger partial charge in [-0.2, -0.15) is 0 Å². The standard InChI is InChI=1S/C15H16N4O5S/c1-8-14(20)18-11-5-9(3-4-13(11)24-8)17-15(21)12-6-10(7-19(12)2)25(16,22)23/h3-8H,1-2H3,(H,17,21)(H,18,20)(H2,16,22,23). The molecule has 2 heterocycles. The lowest BCUT2D eigenvalue weighted by Gasteiger charge is -2.23. The normalized spacial score (nSPS) is 16.6. The van der Waals surface area contributed by atoms with Crippen molar-refractivity contribution in [2.24, 2.45) is 12.2 Å². The first-order valence-corrected chi connectivity index (χ1v) is 8.82. The quantitative estimate of drug-likeness (QED) is 0.735. The third-order valence-electron chi connectivity index (χ3n) is 3.71. The number of aromatic nitrogens is 1. The van der Waals surface area contributed by atoms with E-state index in [1.165, 1.54) is 23.9 Å². The van der Waals surface area contributed by atoms with Crippen molar-refractivity contribution in [3.05, 3.63) is 36.2 Å². The fourth-order valence-electron chi connectivity index (χ4n) is 2.40. The number of nitrogens with one attached hydrogen (secondary N) is 2. The Bertz CT molecular complexity index is 980. The summed E-state index contributed by atoms with van der Waals surface area (Å²) in [7, 11) is -2.37. The van der Waals surface area contributed by atoms with Crippen LogP contribution < -0.4 is 20.5 Å². The zero-order valence-electron chi connectivity index (χ0n) is 13.4. The summed E-state index contributed by atoms with van der Waals surface area (Å²) in [5.41, 5.74) is 0.981. The zero-order valence-corrected chi connectivity index (χ0v) is 14.3. The number of nitrogens with two attached hydrogens (primary N) is 1. The number of amides is 2. The fraction of sp³-hybridized carbons (Fsp3) is 0.200. The lowest BCUT2D eigenvalue weighted by atomic mass is 10.2. The Balaban J connectivity index is 1.84. The lowest BCUT2D eigenvalue weighted by Crippen LogP contribution is -2.34. The van der Waals surface area contributed by atoms with E-state index in [2.05, 4.69) is 10.6 Å². The van der Waals surface area contributed by atoms with Crippen molar-refractivity contribution in [2.45, 2.75) is 17.9 Å². The number of hydrogen-bond acceptors (Lipinski definition) is 5. The van der Waals surface area contributed by atoms with Crippen LogP contribution in [0.2, 0.25) is 0 Å². The molecule has 0 bridgehead atoms. The number of ether oxygens (including phenoxy) is 1. The van der Waals surface area contributed by atoms with Crippen LogP contribution in [0.25, 0.3) is 0 Å². The molecule has 132 valence electrons. The number of fused-ring (bicyclic) bond motifs is 1. The summed E-state index contributed by atoms with van der Waals surface area (Å²) in [6.07, 6.45) is 0.667. The molecule has 0 aliphatic carbocycles. The van der Waals surface area contributed by atoms with E-state index in [4.69, 9.17) is 9.88 Å². The van der Waals surface area contributed by atoms with Gasteiger partial charge in [-0.25, -0.2) is 13.6 Å². The van der Waals surface area contributed by atoms with Gasteiger partial charge in [0.2, 0.25) is 10.0 Å². The van der Waals surface area contributed by atoms with Crippen LogP contribution in [-0.2, 0) is 21.9 Å². The molecule has 1 unspecified atom stereocenters. The van der Waals surface area contributed by atoms with Crippen LogP contribution in [-0.4, -0.2) is 30.9 Å². The maximum absolute atomic E-state index is 12.4. The van der Waals surface area contributed by atoms with E-state index in [1.54, 1.807) is 25.1 Å². The van der Waals surface area contributed by atoms with Gasteiger partial charge in [-0.3, -0.25) is 9.59 Å². The summed E-state index contributed by atoms with van der Waals surface area (Å²) in [5.74, 6) is -0.301. The summed E-state index contributed by atoms with van der Waals surface area (Å²) < 4.78 is 29.6. The van der Waals surface area contributed by atoms with E-state index in [-0.39, 0.29) is 16.5 Å². The van der Waals surface area contributed by atoms with Gasteiger partial charge in [-0.1, -0.05) is 0 Å². The van der Waals surface area contributed by atoms with E-state index in [9.17, 15) is 18.0 Å². The van der Waals surface area contributed by atoms with Crippen LogP contribution in [0.3, 0.4) is 0 Å². The van der Waals surface area contributed by atoms with Crippen LogP contribution in [0, 0.1) is 0 Å². The Morgan fingerprint density at radius 1 is 1.36 bits per heavy atom. The Morgan fingerprint density at radius 2 is 2.08 bits per heavy atom. The third kappa shape index (κ3) is 3.35. The number of rotatable bonds is 3. The summed E-state index contributed by atoms with van der Waals surface area (Å²) in [5, 5.41) is 10.4. The molecule has 1 atom stereocenters. The summed E-state index contributed by atoms with van der Waals surface area (Å²) >= 11 is 0. The third-order valence-corrected chi connectivity index (χ3v) is 4.59. The van der Waals surface area contributed by atoms with Gasteiger partial charge in [0.25, 0.3) is 11.8 Å². The number of benzene rings is 1. The average molecular weight is 364 g/mol. The van der Waals surface area contributed by atoms with Gasteiger partial charge in [0, 0.05) is 18.9 Å². The molecule has 2 aromatic rings. The molecule has 1 aromatic carbocycles. The van der Waals surface area contributed by atoms with Crippen LogP contribution >= 0.6 is 0 Å². The molecular weight excluding hydrogens is 348 g/mol. The first-order valence-electron chi connectivity index (χ1n) is 7.27. The average Bonchev–Trinajstić information content (AvgIpc) is 2.91. The first-order chi connectivity index (χ1) is 11.6. The van der Waals surface area contributed by atoms with Gasteiger partial charge in [0.1, 0.15) is 16.3 Å². The van der Waals surface area contributed by atoms with Crippen LogP contribution in [0.15, 0.2) is 35.4 Å². The van der Waals surface area contributed by atoms with E-state index >= 15 is 0 Å². The number of carbonyl (C=O) groups excluding carboxylic acids is 2. The smallest absolute Gasteiger partial charge is 0.272 e. The highest BCUT2D eigenvalue weighted by atomic mass is 32.2. The van der Waals surface area contributed by atoms with E-state index in [0.717, 1.165) is 0 Å². The second-order valence-corrected chi connectivity index (χ2v) is 7.19. The molecule has 9 nitrogen and oxygen atoms in total. The van der Waals surface area contributed by atoms with Crippen LogP contribution in [0.4, 0.5) is 11.4 Å². The molecule has 25 heavy (non-hydrogen) atoms. The van der Waals surface area contributed by atoms with Crippen LogP contribution in [0.5, 0.6) is 5.75 Å². The van der Waals surface area contributed by atoms with E-state index < -0.39 is 22.0 Å². The minimum atomic E-state index is -3.90. The van der Waals surface area contributed by atoms with Crippen molar-refractivity contribution in [3.8, 4) is 5.75 Å². The minimum Gasteiger partial charge on any atom is -0.479 e. The first kappa shape index (κ1) is 17.0. The van der Waals surface area contributed by atoms with Crippen molar-refractivity contribution in [2.75, 3.05) is 10.6 Å². The number of hydrogen-bond donors (Lipinski definition) is 3. The summed E-state index contributed by atoms with van der Waals surface area (Å²) in [4.78, 5) is 23.9. The van der Waals surface area contributed by atoms with Crippen molar-refractivity contribution in [3.63, 3.8) is 0 Å². The summed E-state index contributed by atoms with van der Waals surface area (Å²) in [6, 6.07) is 5.99. The molecule has 3 rings (SSSR count). The van der Waals surface area contributed by atoms with Gasteiger partial charge in [-0.05, 0) is 31.2 Å². The lowest BCUT2D eigenvalue weighted by molar-refractivity contribution is -0.122. The predicted molar refractivity (Wildman–Crippen MR) is 89.9 cm³/mol. The highest BCUT2D eigenvalue weighted by Crippen LogP contribution is 2.32. The molecule has 0 radical (unpaired) electrons. The summed E-state index contributed by atoms with van der Waals surface area (Å²) in [6.45, 7) is 1.63. The maximum atomic E-state index is 12.4. The minimum absolute atomic E-state index is 0.121. The zero-order chi connectivity index (χ0) is 18.4. The van der Waals surface area contributed by atoms with Gasteiger partial charge in [0.15, 0.2) is 6.10 Å². The highest BCUT2D eigenvalue weighted by Gasteiger charge is 2.24. The number of anilines is 2. The molecule has 10 heteroatoms. The molecule has 0 spiro atoms. The second kappa shape index (κ2) is 5.90. The number of aryl methyl sites for hydroxylation is 1. The molecule has 0 saturated heterocycles. The number of nitrogens with zero attached hydrogens (tertiary/aromatic N) is 1. The van der Waals surface area contributed by atoms with E-state index in [1.807, 2.05) is 0 Å². The monoisotopic (exact) mass is 364 g/mol. The maximum Gasteiger partial charge on any atom is 0.272 e. The Morgan fingerprint density at radius 3 is 2.72 bits per heavy atom. The molecule has 0 fully saturated rings.